The van der Waals surface area contributed by atoms with Crippen molar-refractivity contribution in [3.8, 4) is 0 Å². The lowest BCUT2D eigenvalue weighted by Crippen LogP contribution is -2.50. The average molecular weight is 358 g/mol. The Morgan fingerprint density at radius 2 is 2.15 bits per heavy atom. The summed E-state index contributed by atoms with van der Waals surface area (Å²) in [4.78, 5) is 42.6. The highest BCUT2D eigenvalue weighted by atomic mass is 16.2. The number of pyridine rings is 1. The maximum atomic E-state index is 12.8. The number of imide groups is 1. The maximum absolute atomic E-state index is 12.8. The van der Waals surface area contributed by atoms with Crippen LogP contribution in [-0.2, 0) is 9.59 Å². The number of hydrogen-bond acceptors (Lipinski definition) is 4. The largest absolute Gasteiger partial charge is 0.348 e. The molecule has 1 unspecified atom stereocenters. The van der Waals surface area contributed by atoms with Gasteiger partial charge < -0.3 is 10.6 Å². The van der Waals surface area contributed by atoms with Crippen molar-refractivity contribution < 1.29 is 14.4 Å². The van der Waals surface area contributed by atoms with E-state index >= 15 is 0 Å². The summed E-state index contributed by atoms with van der Waals surface area (Å²) in [5.74, 6) is -0.00612. The minimum absolute atomic E-state index is 0.245. The standard InChI is InChI=1S/C19H26N4O3/c1-3-14-6-8-19(9-7-14)17(25)23(18(26)22-19)12-16(24)21-13(2)15-5-4-10-20-11-15/h4-5,10-11,13-14H,3,6-9,12H2,1-2H3,(H,21,24)(H,22,26). The zero-order valence-electron chi connectivity index (χ0n) is 15.3. The van der Waals surface area contributed by atoms with Crippen molar-refractivity contribution in [2.24, 2.45) is 5.92 Å². The van der Waals surface area contributed by atoms with Crippen molar-refractivity contribution in [1.82, 2.24) is 20.5 Å². The van der Waals surface area contributed by atoms with Crippen LogP contribution in [0.15, 0.2) is 24.5 Å². The first-order valence-corrected chi connectivity index (χ1v) is 9.28. The van der Waals surface area contributed by atoms with Crippen molar-refractivity contribution in [3.05, 3.63) is 30.1 Å². The molecule has 2 aliphatic rings. The molecule has 0 bridgehead atoms. The Morgan fingerprint density at radius 3 is 2.77 bits per heavy atom. The lowest BCUT2D eigenvalue weighted by Gasteiger charge is -2.34. The molecule has 1 aromatic rings. The molecule has 140 valence electrons. The molecule has 1 aliphatic heterocycles. The normalized spacial score (nSPS) is 26.7. The summed E-state index contributed by atoms with van der Waals surface area (Å²) in [6.07, 6.45) is 7.61. The zero-order valence-corrected chi connectivity index (χ0v) is 15.3. The third kappa shape index (κ3) is 3.57. The van der Waals surface area contributed by atoms with Gasteiger partial charge in [-0.05, 0) is 50.2 Å². The van der Waals surface area contributed by atoms with E-state index in [1.807, 2.05) is 13.0 Å². The molecule has 1 aromatic heterocycles. The number of nitrogens with zero attached hydrogens (tertiary/aromatic N) is 2. The minimum Gasteiger partial charge on any atom is -0.348 e. The van der Waals surface area contributed by atoms with Crippen LogP contribution in [0.3, 0.4) is 0 Å². The smallest absolute Gasteiger partial charge is 0.325 e. The molecule has 1 saturated heterocycles. The first kappa shape index (κ1) is 18.4. The molecule has 0 aromatic carbocycles. The van der Waals surface area contributed by atoms with Crippen LogP contribution < -0.4 is 10.6 Å². The monoisotopic (exact) mass is 358 g/mol. The van der Waals surface area contributed by atoms with Crippen LogP contribution in [0.1, 0.15) is 57.6 Å². The van der Waals surface area contributed by atoms with Crippen LogP contribution in [0.2, 0.25) is 0 Å². The first-order chi connectivity index (χ1) is 12.4. The van der Waals surface area contributed by atoms with E-state index in [0.29, 0.717) is 18.8 Å². The molecular formula is C19H26N4O3. The molecule has 3 rings (SSSR count). The van der Waals surface area contributed by atoms with E-state index in [-0.39, 0.29) is 24.4 Å². The zero-order chi connectivity index (χ0) is 18.7. The van der Waals surface area contributed by atoms with Crippen LogP contribution in [0, 0.1) is 5.92 Å². The molecule has 1 aliphatic carbocycles. The van der Waals surface area contributed by atoms with E-state index in [2.05, 4.69) is 22.5 Å². The van der Waals surface area contributed by atoms with Crippen LogP contribution in [0.25, 0.3) is 0 Å². The van der Waals surface area contributed by atoms with Gasteiger partial charge in [0.1, 0.15) is 12.1 Å². The topological polar surface area (TPSA) is 91.4 Å². The summed E-state index contributed by atoms with van der Waals surface area (Å²) in [6.45, 7) is 3.74. The van der Waals surface area contributed by atoms with Crippen molar-refractivity contribution in [1.29, 1.82) is 0 Å². The molecule has 7 heteroatoms. The summed E-state index contributed by atoms with van der Waals surface area (Å²) in [5.41, 5.74) is 0.0604. The molecule has 1 spiro atoms. The third-order valence-electron chi connectivity index (χ3n) is 5.65. The maximum Gasteiger partial charge on any atom is 0.325 e. The number of amides is 4. The fraction of sp³-hybridized carbons (Fsp3) is 0.579. The summed E-state index contributed by atoms with van der Waals surface area (Å²) in [7, 11) is 0. The summed E-state index contributed by atoms with van der Waals surface area (Å²) in [6, 6.07) is 2.96. The Labute approximate surface area is 153 Å². The van der Waals surface area contributed by atoms with Crippen LogP contribution in [-0.4, -0.2) is 39.8 Å². The molecular weight excluding hydrogens is 332 g/mol. The van der Waals surface area contributed by atoms with Crippen molar-refractivity contribution in [3.63, 3.8) is 0 Å². The van der Waals surface area contributed by atoms with Gasteiger partial charge in [-0.3, -0.25) is 19.5 Å². The lowest BCUT2D eigenvalue weighted by molar-refractivity contribution is -0.136. The predicted octanol–water partition coefficient (Wildman–Crippen LogP) is 2.15. The van der Waals surface area contributed by atoms with E-state index in [1.165, 1.54) is 0 Å². The minimum atomic E-state index is -0.808. The van der Waals surface area contributed by atoms with Gasteiger partial charge in [0, 0.05) is 12.4 Å². The SMILES string of the molecule is CCC1CCC2(CC1)NC(=O)N(CC(=O)NC(C)c1cccnc1)C2=O. The van der Waals surface area contributed by atoms with Gasteiger partial charge in [-0.1, -0.05) is 19.4 Å². The molecule has 4 amide bonds. The number of rotatable bonds is 5. The molecule has 1 saturated carbocycles. The molecule has 2 fully saturated rings. The van der Waals surface area contributed by atoms with Gasteiger partial charge in [-0.2, -0.15) is 0 Å². The van der Waals surface area contributed by atoms with E-state index in [4.69, 9.17) is 0 Å². The Morgan fingerprint density at radius 1 is 1.42 bits per heavy atom. The third-order valence-corrected chi connectivity index (χ3v) is 5.65. The predicted molar refractivity (Wildman–Crippen MR) is 96.0 cm³/mol. The molecule has 2 N–H and O–H groups in total. The number of carbonyl (C=O) groups excluding carboxylic acids is 3. The molecule has 7 nitrogen and oxygen atoms in total. The first-order valence-electron chi connectivity index (χ1n) is 9.28. The second-order valence-corrected chi connectivity index (χ2v) is 7.33. The van der Waals surface area contributed by atoms with Crippen LogP contribution in [0.5, 0.6) is 0 Å². The molecule has 26 heavy (non-hydrogen) atoms. The second kappa shape index (κ2) is 7.43. The van der Waals surface area contributed by atoms with Gasteiger partial charge in [0.15, 0.2) is 0 Å². The van der Waals surface area contributed by atoms with Gasteiger partial charge in [-0.15, -0.1) is 0 Å². The summed E-state index contributed by atoms with van der Waals surface area (Å²) in [5, 5.41) is 5.67. The number of nitrogens with one attached hydrogen (secondary N) is 2. The van der Waals surface area contributed by atoms with Gasteiger partial charge in [0.25, 0.3) is 5.91 Å². The van der Waals surface area contributed by atoms with E-state index in [1.54, 1.807) is 18.5 Å². The number of urea groups is 1. The van der Waals surface area contributed by atoms with E-state index < -0.39 is 11.6 Å². The highest BCUT2D eigenvalue weighted by Crippen LogP contribution is 2.37. The van der Waals surface area contributed by atoms with Gasteiger partial charge >= 0.3 is 6.03 Å². The highest BCUT2D eigenvalue weighted by molar-refractivity contribution is 6.09. The van der Waals surface area contributed by atoms with Crippen molar-refractivity contribution >= 4 is 17.8 Å². The van der Waals surface area contributed by atoms with Gasteiger partial charge in [-0.25, -0.2) is 4.79 Å². The van der Waals surface area contributed by atoms with Crippen LogP contribution >= 0.6 is 0 Å². The lowest BCUT2D eigenvalue weighted by atomic mass is 9.75. The Balaban J connectivity index is 1.60. The highest BCUT2D eigenvalue weighted by Gasteiger charge is 2.52. The average Bonchev–Trinajstić information content (AvgIpc) is 2.87. The number of carbonyl (C=O) groups is 3. The van der Waals surface area contributed by atoms with E-state index in [0.717, 1.165) is 29.7 Å². The molecule has 0 radical (unpaired) electrons. The fourth-order valence-electron chi connectivity index (χ4n) is 3.88. The number of hydrogen-bond donors (Lipinski definition) is 2. The summed E-state index contributed by atoms with van der Waals surface area (Å²) < 4.78 is 0. The fourth-order valence-corrected chi connectivity index (χ4v) is 3.88. The van der Waals surface area contributed by atoms with E-state index in [9.17, 15) is 14.4 Å². The van der Waals surface area contributed by atoms with Gasteiger partial charge in [0.2, 0.25) is 5.91 Å². The second-order valence-electron chi connectivity index (χ2n) is 7.33. The Bertz CT molecular complexity index is 683. The van der Waals surface area contributed by atoms with Gasteiger partial charge in [0.05, 0.1) is 6.04 Å². The molecule has 2 heterocycles. The molecule has 1 atom stereocenters. The Hall–Kier alpha value is -2.44. The quantitative estimate of drug-likeness (QED) is 0.789. The Kier molecular flexibility index (Phi) is 5.25. The van der Waals surface area contributed by atoms with Crippen LogP contribution in [0.4, 0.5) is 4.79 Å². The van der Waals surface area contributed by atoms with Crippen molar-refractivity contribution in [2.75, 3.05) is 6.54 Å². The number of aromatic nitrogens is 1. The summed E-state index contributed by atoms with van der Waals surface area (Å²) >= 11 is 0. The van der Waals surface area contributed by atoms with Crippen molar-refractivity contribution in [2.45, 2.75) is 57.5 Å².